The number of hydrogen-bond donors (Lipinski definition) is 0. The third-order valence-electron chi connectivity index (χ3n) is 3.66. The lowest BCUT2D eigenvalue weighted by Crippen LogP contribution is -2.41. The van der Waals surface area contributed by atoms with Gasteiger partial charge in [-0.15, -0.1) is 0 Å². The van der Waals surface area contributed by atoms with Crippen LogP contribution in [0.25, 0.3) is 0 Å². The minimum Gasteiger partial charge on any atom is -0.453 e. The highest BCUT2D eigenvalue weighted by molar-refractivity contribution is 14.1. The molecule has 0 heterocycles. The molecule has 20 heavy (non-hydrogen) atoms. The second kappa shape index (κ2) is 7.75. The average molecular weight is 410 g/mol. The number of halogens is 1. The molecule has 0 N–H and O–H groups in total. The lowest BCUT2D eigenvalue weighted by Gasteiger charge is -2.36. The van der Waals surface area contributed by atoms with E-state index >= 15 is 0 Å². The molecule has 0 rings (SSSR count). The van der Waals surface area contributed by atoms with Crippen molar-refractivity contribution in [3.05, 3.63) is 21.8 Å². The molecule has 0 saturated heterocycles. The molecule has 3 nitrogen and oxygen atoms in total. The van der Waals surface area contributed by atoms with Crippen molar-refractivity contribution in [1.82, 2.24) is 0 Å². The molecule has 0 aromatic carbocycles. The highest BCUT2D eigenvalue weighted by Gasteiger charge is 2.37. The van der Waals surface area contributed by atoms with E-state index in [2.05, 4.69) is 63.0 Å². The smallest absolute Gasteiger partial charge is 0.303 e. The second-order valence-corrected chi connectivity index (χ2v) is 12.0. The molecule has 1 unspecified atom stereocenters. The molecular formula is C15H27IO3Si. The molecule has 0 aromatic rings. The third kappa shape index (κ3) is 6.09. The summed E-state index contributed by atoms with van der Waals surface area (Å²) in [4.78, 5) is 11.2. The topological polar surface area (TPSA) is 35.5 Å². The summed E-state index contributed by atoms with van der Waals surface area (Å²) < 4.78 is 13.4. The standard InChI is InChI=1S/C15H27IO3Si/c1-11(9-16)14(19-13(3)17)12(2)10-18-20(7,8)15(4,5)6/h9,14H,2,10H2,1,3-8H3/b11-9+. The van der Waals surface area contributed by atoms with Crippen LogP contribution < -0.4 is 0 Å². The van der Waals surface area contributed by atoms with E-state index in [-0.39, 0.29) is 11.0 Å². The Bertz CT molecular complexity index is 394. The van der Waals surface area contributed by atoms with Crippen molar-refractivity contribution in [1.29, 1.82) is 0 Å². The van der Waals surface area contributed by atoms with Gasteiger partial charge in [-0.3, -0.25) is 4.79 Å². The lowest BCUT2D eigenvalue weighted by atomic mass is 10.1. The van der Waals surface area contributed by atoms with Gasteiger partial charge >= 0.3 is 5.97 Å². The zero-order valence-electron chi connectivity index (χ0n) is 13.7. The van der Waals surface area contributed by atoms with Crippen LogP contribution in [0.5, 0.6) is 0 Å². The predicted molar refractivity (Wildman–Crippen MR) is 95.6 cm³/mol. The van der Waals surface area contributed by atoms with Crippen LogP contribution in [0.3, 0.4) is 0 Å². The number of hydrogen-bond acceptors (Lipinski definition) is 3. The van der Waals surface area contributed by atoms with Gasteiger partial charge in [0, 0.05) is 6.92 Å². The molecule has 0 aliphatic rings. The molecule has 0 aromatic heterocycles. The number of ether oxygens (including phenoxy) is 1. The lowest BCUT2D eigenvalue weighted by molar-refractivity contribution is -0.143. The second-order valence-electron chi connectivity index (χ2n) is 6.55. The van der Waals surface area contributed by atoms with E-state index in [0.29, 0.717) is 6.61 Å². The number of rotatable bonds is 6. The van der Waals surface area contributed by atoms with Gasteiger partial charge in [0.25, 0.3) is 0 Å². The van der Waals surface area contributed by atoms with Crippen molar-refractivity contribution < 1.29 is 14.0 Å². The Morgan fingerprint density at radius 2 is 1.85 bits per heavy atom. The van der Waals surface area contributed by atoms with Crippen LogP contribution in [0.1, 0.15) is 34.6 Å². The van der Waals surface area contributed by atoms with Crippen LogP contribution in [0, 0.1) is 0 Å². The fraction of sp³-hybridized carbons (Fsp3) is 0.667. The van der Waals surface area contributed by atoms with Gasteiger partial charge in [0.05, 0.1) is 6.61 Å². The first-order chi connectivity index (χ1) is 8.92. The Labute approximate surface area is 138 Å². The summed E-state index contributed by atoms with van der Waals surface area (Å²) in [6, 6.07) is 0. The van der Waals surface area contributed by atoms with Crippen molar-refractivity contribution in [2.45, 2.75) is 58.9 Å². The molecule has 5 heteroatoms. The van der Waals surface area contributed by atoms with Crippen molar-refractivity contribution in [2.75, 3.05) is 6.61 Å². The monoisotopic (exact) mass is 410 g/mol. The largest absolute Gasteiger partial charge is 0.453 e. The minimum absolute atomic E-state index is 0.151. The molecule has 1 atom stereocenters. The zero-order valence-corrected chi connectivity index (χ0v) is 16.8. The Morgan fingerprint density at radius 3 is 2.20 bits per heavy atom. The van der Waals surface area contributed by atoms with Gasteiger partial charge in [-0.1, -0.05) is 49.9 Å². The zero-order chi connectivity index (χ0) is 16.1. The summed E-state index contributed by atoms with van der Waals surface area (Å²) in [5.74, 6) is -0.305. The van der Waals surface area contributed by atoms with Gasteiger partial charge in [0.2, 0.25) is 0 Å². The van der Waals surface area contributed by atoms with Crippen molar-refractivity contribution in [2.24, 2.45) is 0 Å². The quantitative estimate of drug-likeness (QED) is 0.272. The van der Waals surface area contributed by atoms with Crippen molar-refractivity contribution in [3.8, 4) is 0 Å². The summed E-state index contributed by atoms with van der Waals surface area (Å²) in [5.41, 5.74) is 1.75. The average Bonchev–Trinajstić information content (AvgIpc) is 2.30. The Balaban J connectivity index is 4.84. The first-order valence-corrected chi connectivity index (χ1v) is 10.8. The molecule has 0 fully saturated rings. The summed E-state index contributed by atoms with van der Waals surface area (Å²) >= 11 is 2.14. The Hall–Kier alpha value is -0.143. The van der Waals surface area contributed by atoms with Gasteiger partial charge < -0.3 is 9.16 Å². The highest BCUT2D eigenvalue weighted by atomic mass is 127. The SMILES string of the molecule is C=C(CO[Si](C)(C)C(C)(C)C)C(OC(C)=O)/C(C)=C/I. The number of carbonyl (C=O) groups is 1. The fourth-order valence-corrected chi connectivity index (χ4v) is 2.59. The predicted octanol–water partition coefficient (Wildman–Crippen LogP) is 4.83. The summed E-state index contributed by atoms with van der Waals surface area (Å²) in [6.07, 6.45) is -0.394. The Morgan fingerprint density at radius 1 is 1.35 bits per heavy atom. The van der Waals surface area contributed by atoms with E-state index in [1.165, 1.54) is 6.92 Å². The van der Waals surface area contributed by atoms with E-state index in [9.17, 15) is 4.79 Å². The van der Waals surface area contributed by atoms with E-state index in [0.717, 1.165) is 11.1 Å². The molecule has 0 amide bonds. The molecular weight excluding hydrogens is 383 g/mol. The van der Waals surface area contributed by atoms with Crippen LogP contribution in [-0.4, -0.2) is 27.0 Å². The van der Waals surface area contributed by atoms with E-state index < -0.39 is 14.4 Å². The number of esters is 1. The van der Waals surface area contributed by atoms with Crippen molar-refractivity contribution >= 4 is 36.9 Å². The normalized spacial score (nSPS) is 14.9. The maximum Gasteiger partial charge on any atom is 0.303 e. The van der Waals surface area contributed by atoms with Crippen LogP contribution in [0.4, 0.5) is 0 Å². The minimum atomic E-state index is -1.82. The van der Waals surface area contributed by atoms with Gasteiger partial charge in [-0.2, -0.15) is 0 Å². The van der Waals surface area contributed by atoms with Crippen molar-refractivity contribution in [3.63, 3.8) is 0 Å². The van der Waals surface area contributed by atoms with Gasteiger partial charge in [0.15, 0.2) is 8.32 Å². The van der Waals surface area contributed by atoms with Crippen LogP contribution in [0.15, 0.2) is 21.8 Å². The summed E-state index contributed by atoms with van der Waals surface area (Å²) in [6.45, 7) is 18.8. The number of carbonyl (C=O) groups excluding carboxylic acids is 1. The molecule has 0 saturated carbocycles. The maximum absolute atomic E-state index is 11.2. The molecule has 0 spiro atoms. The first kappa shape index (κ1) is 19.9. The van der Waals surface area contributed by atoms with E-state index in [1.54, 1.807) is 0 Å². The third-order valence-corrected chi connectivity index (χ3v) is 9.13. The first-order valence-electron chi connectivity index (χ1n) is 6.68. The van der Waals surface area contributed by atoms with Crippen LogP contribution in [0.2, 0.25) is 18.1 Å². The summed E-state index contributed by atoms with van der Waals surface area (Å²) in [5, 5.41) is 0.151. The fourth-order valence-electron chi connectivity index (χ4n) is 1.29. The molecule has 0 aliphatic carbocycles. The molecule has 0 aliphatic heterocycles. The summed E-state index contributed by atoms with van der Waals surface area (Å²) in [7, 11) is -1.82. The van der Waals surface area contributed by atoms with Gasteiger partial charge in [0.1, 0.15) is 6.10 Å². The maximum atomic E-state index is 11.2. The molecule has 0 radical (unpaired) electrons. The van der Waals surface area contributed by atoms with Crippen LogP contribution in [-0.2, 0) is 14.0 Å². The Kier molecular flexibility index (Phi) is 7.69. The van der Waals surface area contributed by atoms with Gasteiger partial charge in [-0.25, -0.2) is 0 Å². The van der Waals surface area contributed by atoms with E-state index in [1.807, 2.05) is 11.0 Å². The molecule has 116 valence electrons. The molecule has 0 bridgehead atoms. The highest BCUT2D eigenvalue weighted by Crippen LogP contribution is 2.37. The van der Waals surface area contributed by atoms with Gasteiger partial charge in [-0.05, 0) is 40.3 Å². The van der Waals surface area contributed by atoms with E-state index in [4.69, 9.17) is 9.16 Å². The van der Waals surface area contributed by atoms with Crippen LogP contribution >= 0.6 is 22.6 Å².